The molecule has 114 valence electrons. The standard InChI is InChI=1S/C13H17Cl2NO3.ClH/c14-4-6-16(7-5-15)9-11-2-1-3-12(8-11)19-10-13(17)18;/h1-3,8H,4-7,9-10H2,(H,17,18);1H. The maximum atomic E-state index is 10.4. The minimum Gasteiger partial charge on any atom is -0.482 e. The second kappa shape index (κ2) is 11.0. The molecule has 1 rings (SSSR count). The lowest BCUT2D eigenvalue weighted by atomic mass is 10.2. The molecule has 0 radical (unpaired) electrons. The Labute approximate surface area is 135 Å². The molecule has 0 aliphatic carbocycles. The van der Waals surface area contributed by atoms with E-state index in [2.05, 4.69) is 4.90 Å². The lowest BCUT2D eigenvalue weighted by Crippen LogP contribution is -2.27. The first kappa shape index (κ1) is 19.3. The first-order valence-corrected chi connectivity index (χ1v) is 7.00. The van der Waals surface area contributed by atoms with E-state index in [1.165, 1.54) is 0 Å². The Balaban J connectivity index is 0.00000361. The fourth-order valence-corrected chi connectivity index (χ4v) is 2.12. The molecule has 1 aromatic carbocycles. The zero-order valence-electron chi connectivity index (χ0n) is 10.9. The highest BCUT2D eigenvalue weighted by Gasteiger charge is 2.06. The Morgan fingerprint density at radius 3 is 2.45 bits per heavy atom. The summed E-state index contributed by atoms with van der Waals surface area (Å²) in [5.41, 5.74) is 1.04. The highest BCUT2D eigenvalue weighted by molar-refractivity contribution is 6.18. The molecule has 0 aliphatic heterocycles. The fourth-order valence-electron chi connectivity index (χ4n) is 1.65. The molecule has 0 saturated carbocycles. The van der Waals surface area contributed by atoms with E-state index < -0.39 is 5.97 Å². The summed E-state index contributed by atoms with van der Waals surface area (Å²) in [6.07, 6.45) is 0. The first-order valence-electron chi connectivity index (χ1n) is 5.93. The van der Waals surface area contributed by atoms with Gasteiger partial charge in [0.05, 0.1) is 0 Å². The molecule has 7 heteroatoms. The molecule has 1 N–H and O–H groups in total. The maximum absolute atomic E-state index is 10.4. The molecule has 0 aliphatic rings. The number of alkyl halides is 2. The van der Waals surface area contributed by atoms with Gasteiger partial charge < -0.3 is 9.84 Å². The van der Waals surface area contributed by atoms with Crippen molar-refractivity contribution in [2.45, 2.75) is 6.54 Å². The van der Waals surface area contributed by atoms with Crippen LogP contribution in [0, 0.1) is 0 Å². The molecular weight excluding hydrogens is 325 g/mol. The predicted molar refractivity (Wildman–Crippen MR) is 83.5 cm³/mol. The minimum absolute atomic E-state index is 0. The molecule has 0 saturated heterocycles. The highest BCUT2D eigenvalue weighted by atomic mass is 35.5. The molecule has 0 spiro atoms. The summed E-state index contributed by atoms with van der Waals surface area (Å²) < 4.78 is 5.14. The Morgan fingerprint density at radius 1 is 1.25 bits per heavy atom. The minimum atomic E-state index is -0.990. The number of benzene rings is 1. The zero-order valence-corrected chi connectivity index (χ0v) is 13.3. The molecule has 20 heavy (non-hydrogen) atoms. The van der Waals surface area contributed by atoms with Crippen molar-refractivity contribution in [1.29, 1.82) is 0 Å². The number of ether oxygens (including phenoxy) is 1. The lowest BCUT2D eigenvalue weighted by Gasteiger charge is -2.20. The second-order valence-electron chi connectivity index (χ2n) is 3.98. The van der Waals surface area contributed by atoms with Gasteiger partial charge >= 0.3 is 5.97 Å². The Bertz CT molecular complexity index is 398. The van der Waals surface area contributed by atoms with Gasteiger partial charge in [0, 0.05) is 31.4 Å². The molecule has 0 bridgehead atoms. The summed E-state index contributed by atoms with van der Waals surface area (Å²) in [5.74, 6) is 0.658. The quantitative estimate of drug-likeness (QED) is 0.701. The zero-order chi connectivity index (χ0) is 14.1. The SMILES string of the molecule is Cl.O=C(O)COc1cccc(CN(CCCl)CCCl)c1. The number of hydrogen-bond acceptors (Lipinski definition) is 3. The summed E-state index contributed by atoms with van der Waals surface area (Å²) in [6, 6.07) is 7.37. The van der Waals surface area contributed by atoms with Crippen LogP contribution in [-0.4, -0.2) is 47.4 Å². The smallest absolute Gasteiger partial charge is 0.341 e. The molecule has 0 unspecified atom stereocenters. The monoisotopic (exact) mass is 341 g/mol. The predicted octanol–water partition coefficient (Wildman–Crippen LogP) is 2.85. The van der Waals surface area contributed by atoms with E-state index in [4.69, 9.17) is 33.0 Å². The van der Waals surface area contributed by atoms with Crippen molar-refractivity contribution >= 4 is 41.6 Å². The molecule has 0 aromatic heterocycles. The van der Waals surface area contributed by atoms with Gasteiger partial charge in [-0.15, -0.1) is 35.6 Å². The second-order valence-corrected chi connectivity index (χ2v) is 4.74. The van der Waals surface area contributed by atoms with Gasteiger partial charge in [0.2, 0.25) is 0 Å². The van der Waals surface area contributed by atoms with Crippen LogP contribution in [0.15, 0.2) is 24.3 Å². The van der Waals surface area contributed by atoms with Crippen LogP contribution in [0.4, 0.5) is 0 Å². The van der Waals surface area contributed by atoms with Crippen molar-refractivity contribution in [2.75, 3.05) is 31.5 Å². The van der Waals surface area contributed by atoms with Gasteiger partial charge in [0.1, 0.15) is 5.75 Å². The maximum Gasteiger partial charge on any atom is 0.341 e. The number of halogens is 3. The van der Waals surface area contributed by atoms with Crippen molar-refractivity contribution in [3.63, 3.8) is 0 Å². The summed E-state index contributed by atoms with van der Waals surface area (Å²) >= 11 is 11.5. The van der Waals surface area contributed by atoms with E-state index in [9.17, 15) is 4.79 Å². The number of hydrogen-bond donors (Lipinski definition) is 1. The first-order chi connectivity index (χ1) is 9.15. The Kier molecular flexibility index (Phi) is 10.7. The molecule has 1 aromatic rings. The lowest BCUT2D eigenvalue weighted by molar-refractivity contribution is -0.139. The van der Waals surface area contributed by atoms with Crippen molar-refractivity contribution in [1.82, 2.24) is 4.90 Å². The largest absolute Gasteiger partial charge is 0.482 e. The van der Waals surface area contributed by atoms with Crippen molar-refractivity contribution in [2.24, 2.45) is 0 Å². The molecule has 0 atom stereocenters. The molecule has 0 amide bonds. The average Bonchev–Trinajstić information content (AvgIpc) is 2.37. The third kappa shape index (κ3) is 7.80. The number of carboxylic acid groups (broad SMARTS) is 1. The average molecular weight is 343 g/mol. The van der Waals surface area contributed by atoms with E-state index in [0.717, 1.165) is 18.7 Å². The highest BCUT2D eigenvalue weighted by Crippen LogP contribution is 2.15. The van der Waals surface area contributed by atoms with Gasteiger partial charge in [-0.1, -0.05) is 12.1 Å². The Hall–Kier alpha value is -0.680. The van der Waals surface area contributed by atoms with Crippen molar-refractivity contribution < 1.29 is 14.6 Å². The van der Waals surface area contributed by atoms with E-state index >= 15 is 0 Å². The van der Waals surface area contributed by atoms with Crippen molar-refractivity contribution in [3.8, 4) is 5.75 Å². The van der Waals surface area contributed by atoms with E-state index in [1.807, 2.05) is 18.2 Å². The summed E-state index contributed by atoms with van der Waals surface area (Å²) in [6.45, 7) is 1.89. The van der Waals surface area contributed by atoms with Crippen LogP contribution in [-0.2, 0) is 11.3 Å². The van der Waals surface area contributed by atoms with Crippen LogP contribution >= 0.6 is 35.6 Å². The molecule has 0 fully saturated rings. The van der Waals surface area contributed by atoms with Gasteiger partial charge in [0.15, 0.2) is 6.61 Å². The normalized spacial score (nSPS) is 10.2. The molecule has 4 nitrogen and oxygen atoms in total. The topological polar surface area (TPSA) is 49.8 Å². The number of aliphatic carboxylic acids is 1. The van der Waals surface area contributed by atoms with Crippen LogP contribution < -0.4 is 4.74 Å². The van der Waals surface area contributed by atoms with Crippen LogP contribution in [0.5, 0.6) is 5.75 Å². The number of carbonyl (C=O) groups is 1. The van der Waals surface area contributed by atoms with E-state index in [0.29, 0.717) is 24.1 Å². The van der Waals surface area contributed by atoms with Gasteiger partial charge in [-0.05, 0) is 17.7 Å². The third-order valence-electron chi connectivity index (χ3n) is 2.47. The Morgan fingerprint density at radius 2 is 1.90 bits per heavy atom. The third-order valence-corrected chi connectivity index (χ3v) is 2.81. The van der Waals surface area contributed by atoms with Crippen LogP contribution in [0.2, 0.25) is 0 Å². The number of carboxylic acids is 1. The summed E-state index contributed by atoms with van der Waals surface area (Å²) in [4.78, 5) is 12.6. The summed E-state index contributed by atoms with van der Waals surface area (Å²) in [5, 5.41) is 8.57. The number of rotatable bonds is 9. The van der Waals surface area contributed by atoms with Crippen LogP contribution in [0.1, 0.15) is 5.56 Å². The van der Waals surface area contributed by atoms with Crippen molar-refractivity contribution in [3.05, 3.63) is 29.8 Å². The fraction of sp³-hybridized carbons (Fsp3) is 0.462. The van der Waals surface area contributed by atoms with Crippen LogP contribution in [0.25, 0.3) is 0 Å². The van der Waals surface area contributed by atoms with Gasteiger partial charge in [0.25, 0.3) is 0 Å². The van der Waals surface area contributed by atoms with Gasteiger partial charge in [-0.2, -0.15) is 0 Å². The van der Waals surface area contributed by atoms with Gasteiger partial charge in [-0.25, -0.2) is 4.79 Å². The number of nitrogens with zero attached hydrogens (tertiary/aromatic N) is 1. The summed E-state index contributed by atoms with van der Waals surface area (Å²) in [7, 11) is 0. The van der Waals surface area contributed by atoms with E-state index in [1.54, 1.807) is 6.07 Å². The van der Waals surface area contributed by atoms with Gasteiger partial charge in [-0.3, -0.25) is 4.90 Å². The molecule has 0 heterocycles. The molecular formula is C13H18Cl3NO3. The van der Waals surface area contributed by atoms with Crippen LogP contribution in [0.3, 0.4) is 0 Å². The van der Waals surface area contributed by atoms with E-state index in [-0.39, 0.29) is 19.0 Å².